The van der Waals surface area contributed by atoms with Gasteiger partial charge in [0.1, 0.15) is 0 Å². The predicted molar refractivity (Wildman–Crippen MR) is 87.3 cm³/mol. The van der Waals surface area contributed by atoms with Crippen molar-refractivity contribution < 1.29 is 4.74 Å². The summed E-state index contributed by atoms with van der Waals surface area (Å²) in [6.07, 6.45) is 10.9. The Hall–Kier alpha value is -0.120. The van der Waals surface area contributed by atoms with Crippen molar-refractivity contribution in [3.05, 3.63) is 0 Å². The van der Waals surface area contributed by atoms with Gasteiger partial charge in [-0.25, -0.2) is 0 Å². The van der Waals surface area contributed by atoms with Crippen LogP contribution in [0.5, 0.6) is 0 Å². The third-order valence-electron chi connectivity index (χ3n) is 4.58. The largest absolute Gasteiger partial charge is 0.385 e. The summed E-state index contributed by atoms with van der Waals surface area (Å²) in [6, 6.07) is 0. The summed E-state index contributed by atoms with van der Waals surface area (Å²) in [4.78, 5) is 2.53. The molecular formula is C17H36N2O. The molecule has 0 spiro atoms. The Balaban J connectivity index is 2.47. The predicted octanol–water partition coefficient (Wildman–Crippen LogP) is 3.29. The highest BCUT2D eigenvalue weighted by Gasteiger charge is 2.31. The first-order chi connectivity index (χ1) is 9.72. The maximum atomic E-state index is 5.17. The molecule has 3 heteroatoms. The van der Waals surface area contributed by atoms with Crippen molar-refractivity contribution in [2.45, 2.75) is 58.3 Å². The third kappa shape index (κ3) is 7.05. The van der Waals surface area contributed by atoms with Crippen molar-refractivity contribution in [1.29, 1.82) is 0 Å². The van der Waals surface area contributed by atoms with E-state index in [1.807, 2.05) is 0 Å². The number of hydrogen-bond donors (Lipinski definition) is 1. The molecule has 1 aliphatic carbocycles. The van der Waals surface area contributed by atoms with E-state index in [9.17, 15) is 0 Å². The van der Waals surface area contributed by atoms with E-state index >= 15 is 0 Å². The minimum atomic E-state index is 0.507. The first-order valence-corrected chi connectivity index (χ1v) is 8.61. The summed E-state index contributed by atoms with van der Waals surface area (Å²) in [7, 11) is 4.07. The van der Waals surface area contributed by atoms with Crippen LogP contribution in [0.15, 0.2) is 0 Å². The van der Waals surface area contributed by atoms with Crippen LogP contribution in [0.25, 0.3) is 0 Å². The number of nitrogens with one attached hydrogen (secondary N) is 1. The van der Waals surface area contributed by atoms with Crippen molar-refractivity contribution >= 4 is 0 Å². The van der Waals surface area contributed by atoms with E-state index in [1.165, 1.54) is 58.0 Å². The fourth-order valence-corrected chi connectivity index (χ4v) is 3.53. The monoisotopic (exact) mass is 284 g/mol. The molecule has 120 valence electrons. The van der Waals surface area contributed by atoms with E-state index in [0.29, 0.717) is 5.41 Å². The zero-order chi connectivity index (χ0) is 14.7. The summed E-state index contributed by atoms with van der Waals surface area (Å²) in [6.45, 7) is 7.90. The first-order valence-electron chi connectivity index (χ1n) is 8.61. The topological polar surface area (TPSA) is 24.5 Å². The van der Waals surface area contributed by atoms with Gasteiger partial charge in [-0.15, -0.1) is 0 Å². The average molecular weight is 284 g/mol. The highest BCUT2D eigenvalue weighted by molar-refractivity contribution is 4.86. The Labute approximate surface area is 126 Å². The summed E-state index contributed by atoms with van der Waals surface area (Å²) < 4.78 is 5.17. The molecule has 0 unspecified atom stereocenters. The summed E-state index contributed by atoms with van der Waals surface area (Å²) in [5, 5.41) is 3.69. The molecule has 1 N–H and O–H groups in total. The van der Waals surface area contributed by atoms with E-state index in [-0.39, 0.29) is 0 Å². The van der Waals surface area contributed by atoms with Gasteiger partial charge < -0.3 is 15.0 Å². The van der Waals surface area contributed by atoms with Gasteiger partial charge in [-0.3, -0.25) is 0 Å². The van der Waals surface area contributed by atoms with Gasteiger partial charge >= 0.3 is 0 Å². The molecule has 0 saturated heterocycles. The van der Waals surface area contributed by atoms with E-state index < -0.39 is 0 Å². The maximum absolute atomic E-state index is 5.17. The van der Waals surface area contributed by atoms with Gasteiger partial charge in [0.25, 0.3) is 0 Å². The zero-order valence-corrected chi connectivity index (χ0v) is 14.0. The molecule has 1 fully saturated rings. The van der Waals surface area contributed by atoms with E-state index in [1.54, 1.807) is 7.11 Å². The Morgan fingerprint density at radius 2 is 1.85 bits per heavy atom. The van der Waals surface area contributed by atoms with Crippen molar-refractivity contribution in [2.24, 2.45) is 5.41 Å². The quantitative estimate of drug-likeness (QED) is 0.492. The van der Waals surface area contributed by atoms with Crippen LogP contribution in [0.3, 0.4) is 0 Å². The first kappa shape index (κ1) is 17.9. The molecule has 0 atom stereocenters. The Kier molecular flexibility index (Phi) is 9.49. The molecule has 1 aliphatic rings. The van der Waals surface area contributed by atoms with Crippen molar-refractivity contribution in [2.75, 3.05) is 46.9 Å². The number of ether oxygens (including phenoxy) is 1. The standard InChI is InChI=1S/C17H36N2O/c1-4-12-18-15-17(10-7-5-6-8-11-17)16-19(2)13-9-14-20-3/h18H,4-16H2,1-3H3. The number of rotatable bonds is 10. The minimum Gasteiger partial charge on any atom is -0.385 e. The lowest BCUT2D eigenvalue weighted by atomic mass is 9.79. The van der Waals surface area contributed by atoms with Crippen molar-refractivity contribution in [3.8, 4) is 0 Å². The summed E-state index contributed by atoms with van der Waals surface area (Å²) in [5.74, 6) is 0. The molecule has 0 aliphatic heterocycles. The smallest absolute Gasteiger partial charge is 0.0474 e. The zero-order valence-electron chi connectivity index (χ0n) is 14.0. The molecular weight excluding hydrogens is 248 g/mol. The van der Waals surface area contributed by atoms with Gasteiger partial charge in [-0.1, -0.05) is 32.6 Å². The van der Waals surface area contributed by atoms with Crippen LogP contribution in [0.4, 0.5) is 0 Å². The van der Waals surface area contributed by atoms with Crippen molar-refractivity contribution in [1.82, 2.24) is 10.2 Å². The Bertz CT molecular complexity index is 225. The molecule has 0 amide bonds. The summed E-state index contributed by atoms with van der Waals surface area (Å²) in [5.41, 5.74) is 0.507. The van der Waals surface area contributed by atoms with Crippen LogP contribution < -0.4 is 5.32 Å². The molecule has 1 rings (SSSR count). The van der Waals surface area contributed by atoms with Gasteiger partial charge in [0.15, 0.2) is 0 Å². The normalized spacial score (nSPS) is 19.2. The molecule has 0 aromatic heterocycles. The molecule has 3 nitrogen and oxygen atoms in total. The van der Waals surface area contributed by atoms with Crippen LogP contribution in [0, 0.1) is 5.41 Å². The number of methoxy groups -OCH3 is 1. The molecule has 0 heterocycles. The number of nitrogens with zero attached hydrogens (tertiary/aromatic N) is 1. The molecule has 0 radical (unpaired) electrons. The minimum absolute atomic E-state index is 0.507. The van der Waals surface area contributed by atoms with Gasteiger partial charge in [0.05, 0.1) is 0 Å². The SMILES string of the molecule is CCCNCC1(CN(C)CCCOC)CCCCCC1. The van der Waals surface area contributed by atoms with Crippen molar-refractivity contribution in [3.63, 3.8) is 0 Å². The van der Waals surface area contributed by atoms with Crippen LogP contribution >= 0.6 is 0 Å². The molecule has 0 bridgehead atoms. The maximum Gasteiger partial charge on any atom is 0.0474 e. The number of hydrogen-bond acceptors (Lipinski definition) is 3. The molecule has 1 saturated carbocycles. The van der Waals surface area contributed by atoms with E-state index in [2.05, 4.69) is 24.2 Å². The van der Waals surface area contributed by atoms with Gasteiger partial charge in [0, 0.05) is 33.4 Å². The fourth-order valence-electron chi connectivity index (χ4n) is 3.53. The molecule has 20 heavy (non-hydrogen) atoms. The molecule has 0 aromatic carbocycles. The van der Waals surface area contributed by atoms with E-state index in [4.69, 9.17) is 4.74 Å². The second-order valence-electron chi connectivity index (χ2n) is 6.68. The van der Waals surface area contributed by atoms with E-state index in [0.717, 1.165) is 26.1 Å². The second-order valence-corrected chi connectivity index (χ2v) is 6.68. The van der Waals surface area contributed by atoms with Crippen LogP contribution in [0.2, 0.25) is 0 Å². The lowest BCUT2D eigenvalue weighted by molar-refractivity contribution is 0.130. The molecule has 0 aromatic rings. The highest BCUT2D eigenvalue weighted by Crippen LogP contribution is 2.35. The van der Waals surface area contributed by atoms with Crippen LogP contribution in [-0.4, -0.2) is 51.8 Å². The summed E-state index contributed by atoms with van der Waals surface area (Å²) >= 11 is 0. The lowest BCUT2D eigenvalue weighted by Crippen LogP contribution is -2.43. The average Bonchev–Trinajstić information content (AvgIpc) is 2.65. The van der Waals surface area contributed by atoms with Crippen LogP contribution in [0.1, 0.15) is 58.3 Å². The second kappa shape index (κ2) is 10.6. The van der Waals surface area contributed by atoms with Gasteiger partial charge in [-0.05, 0) is 44.7 Å². The van der Waals surface area contributed by atoms with Gasteiger partial charge in [0.2, 0.25) is 0 Å². The fraction of sp³-hybridized carbons (Fsp3) is 1.00. The Morgan fingerprint density at radius 1 is 1.15 bits per heavy atom. The van der Waals surface area contributed by atoms with Crippen LogP contribution in [-0.2, 0) is 4.74 Å². The lowest BCUT2D eigenvalue weighted by Gasteiger charge is -2.37. The van der Waals surface area contributed by atoms with Gasteiger partial charge in [-0.2, -0.15) is 0 Å². The highest BCUT2D eigenvalue weighted by atomic mass is 16.5. The Morgan fingerprint density at radius 3 is 2.45 bits per heavy atom. The third-order valence-corrected chi connectivity index (χ3v) is 4.58.